The number of morpholine rings is 1. The van der Waals surface area contributed by atoms with Crippen LogP contribution in [0, 0.1) is 5.82 Å². The standard InChI is InChI=1S/C17H23ClFN3O2/c18-15-2-1-3-16(19)14(15)11-21-5-7-22(8-6-21)17(23)10-13-12-24-9-4-20-13/h1-3,13,20H,4-12H2. The highest BCUT2D eigenvalue weighted by atomic mass is 35.5. The van der Waals surface area contributed by atoms with Crippen molar-refractivity contribution in [3.05, 3.63) is 34.6 Å². The number of halogens is 2. The molecule has 1 N–H and O–H groups in total. The van der Waals surface area contributed by atoms with Crippen LogP contribution in [0.4, 0.5) is 4.39 Å². The lowest BCUT2D eigenvalue weighted by atomic mass is 10.1. The lowest BCUT2D eigenvalue weighted by Gasteiger charge is -2.36. The number of hydrogen-bond donors (Lipinski definition) is 1. The van der Waals surface area contributed by atoms with Crippen LogP contribution in [-0.2, 0) is 16.1 Å². The van der Waals surface area contributed by atoms with E-state index in [0.717, 1.165) is 19.6 Å². The molecule has 0 radical (unpaired) electrons. The Kier molecular flexibility index (Phi) is 6.05. The van der Waals surface area contributed by atoms with Gasteiger partial charge in [-0.15, -0.1) is 0 Å². The summed E-state index contributed by atoms with van der Waals surface area (Å²) in [6.07, 6.45) is 0.471. The zero-order chi connectivity index (χ0) is 16.9. The topological polar surface area (TPSA) is 44.8 Å². The van der Waals surface area contributed by atoms with E-state index >= 15 is 0 Å². The van der Waals surface area contributed by atoms with Crippen molar-refractivity contribution in [2.45, 2.75) is 19.0 Å². The predicted molar refractivity (Wildman–Crippen MR) is 90.5 cm³/mol. The lowest BCUT2D eigenvalue weighted by Crippen LogP contribution is -2.51. The van der Waals surface area contributed by atoms with E-state index in [4.69, 9.17) is 16.3 Å². The molecule has 0 aromatic heterocycles. The Morgan fingerprint density at radius 1 is 1.33 bits per heavy atom. The molecule has 1 aromatic rings. The average Bonchev–Trinajstić information content (AvgIpc) is 2.60. The number of amides is 1. The smallest absolute Gasteiger partial charge is 0.224 e. The summed E-state index contributed by atoms with van der Waals surface area (Å²) >= 11 is 6.09. The lowest BCUT2D eigenvalue weighted by molar-refractivity contribution is -0.134. The Labute approximate surface area is 146 Å². The van der Waals surface area contributed by atoms with Gasteiger partial charge >= 0.3 is 0 Å². The highest BCUT2D eigenvalue weighted by molar-refractivity contribution is 6.31. The molecule has 0 aliphatic carbocycles. The first-order valence-corrected chi connectivity index (χ1v) is 8.75. The SMILES string of the molecule is O=C(CC1COCCN1)N1CCN(Cc2c(F)cccc2Cl)CC1. The zero-order valence-corrected chi connectivity index (χ0v) is 14.4. The van der Waals surface area contributed by atoms with Gasteiger partial charge in [0.15, 0.2) is 0 Å². The Morgan fingerprint density at radius 3 is 2.79 bits per heavy atom. The molecule has 24 heavy (non-hydrogen) atoms. The number of hydrogen-bond acceptors (Lipinski definition) is 4. The number of carbonyl (C=O) groups excluding carboxylic acids is 1. The minimum atomic E-state index is -0.274. The normalized spacial score (nSPS) is 22.6. The van der Waals surface area contributed by atoms with Crippen molar-refractivity contribution < 1.29 is 13.9 Å². The van der Waals surface area contributed by atoms with Crippen LogP contribution in [0.15, 0.2) is 18.2 Å². The number of benzene rings is 1. The minimum Gasteiger partial charge on any atom is -0.378 e. The van der Waals surface area contributed by atoms with Gasteiger partial charge in [0.05, 0.1) is 13.2 Å². The van der Waals surface area contributed by atoms with Gasteiger partial charge in [-0.1, -0.05) is 17.7 Å². The maximum atomic E-state index is 13.9. The fourth-order valence-electron chi connectivity index (χ4n) is 3.15. The summed E-state index contributed by atoms with van der Waals surface area (Å²) in [6, 6.07) is 4.86. The van der Waals surface area contributed by atoms with Crippen LogP contribution in [0.5, 0.6) is 0 Å². The van der Waals surface area contributed by atoms with Gasteiger partial charge in [0.1, 0.15) is 5.82 Å². The molecule has 2 heterocycles. The van der Waals surface area contributed by atoms with Crippen LogP contribution < -0.4 is 5.32 Å². The molecule has 1 atom stereocenters. The van der Waals surface area contributed by atoms with Crippen molar-refractivity contribution in [1.29, 1.82) is 0 Å². The first-order chi connectivity index (χ1) is 11.6. The zero-order valence-electron chi connectivity index (χ0n) is 13.6. The molecule has 2 fully saturated rings. The van der Waals surface area contributed by atoms with Crippen LogP contribution in [0.3, 0.4) is 0 Å². The molecular weight excluding hydrogens is 333 g/mol. The van der Waals surface area contributed by atoms with E-state index in [9.17, 15) is 9.18 Å². The first-order valence-electron chi connectivity index (χ1n) is 8.37. The summed E-state index contributed by atoms with van der Waals surface area (Å²) in [7, 11) is 0. The summed E-state index contributed by atoms with van der Waals surface area (Å²) in [4.78, 5) is 16.4. The summed E-state index contributed by atoms with van der Waals surface area (Å²) in [6.45, 7) is 5.37. The third-order valence-electron chi connectivity index (χ3n) is 4.59. The Morgan fingerprint density at radius 2 is 2.12 bits per heavy atom. The van der Waals surface area contributed by atoms with Gasteiger partial charge < -0.3 is 15.0 Å². The average molecular weight is 356 g/mol. The van der Waals surface area contributed by atoms with Crippen molar-refractivity contribution in [3.63, 3.8) is 0 Å². The van der Waals surface area contributed by atoms with E-state index in [1.165, 1.54) is 6.07 Å². The Hall–Kier alpha value is -1.21. The van der Waals surface area contributed by atoms with Crippen molar-refractivity contribution in [1.82, 2.24) is 15.1 Å². The van der Waals surface area contributed by atoms with E-state index in [1.807, 2.05) is 4.90 Å². The molecule has 2 aliphatic rings. The van der Waals surface area contributed by atoms with E-state index in [1.54, 1.807) is 12.1 Å². The number of rotatable bonds is 4. The maximum Gasteiger partial charge on any atom is 0.224 e. The quantitative estimate of drug-likeness (QED) is 0.889. The van der Waals surface area contributed by atoms with Crippen molar-refractivity contribution >= 4 is 17.5 Å². The molecule has 2 aliphatic heterocycles. The molecule has 1 aromatic carbocycles. The predicted octanol–water partition coefficient (Wildman–Crippen LogP) is 1.50. The highest BCUT2D eigenvalue weighted by Gasteiger charge is 2.25. The van der Waals surface area contributed by atoms with Crippen LogP contribution in [0.1, 0.15) is 12.0 Å². The molecule has 1 unspecified atom stereocenters. The summed E-state index contributed by atoms with van der Waals surface area (Å²) in [5.74, 6) is -0.119. The molecule has 0 bridgehead atoms. The molecule has 2 saturated heterocycles. The fraction of sp³-hybridized carbons (Fsp3) is 0.588. The molecule has 7 heteroatoms. The van der Waals surface area contributed by atoms with E-state index < -0.39 is 0 Å². The van der Waals surface area contributed by atoms with Gasteiger partial charge in [-0.25, -0.2) is 4.39 Å². The van der Waals surface area contributed by atoms with Crippen LogP contribution in [0.25, 0.3) is 0 Å². The Balaban J connectivity index is 1.47. The molecule has 5 nitrogen and oxygen atoms in total. The van der Waals surface area contributed by atoms with E-state index in [2.05, 4.69) is 10.2 Å². The van der Waals surface area contributed by atoms with Gasteiger partial charge in [0, 0.05) is 62.3 Å². The summed E-state index contributed by atoms with van der Waals surface area (Å²) in [5.41, 5.74) is 0.530. The summed E-state index contributed by atoms with van der Waals surface area (Å²) in [5, 5.41) is 3.76. The van der Waals surface area contributed by atoms with Gasteiger partial charge in [0.2, 0.25) is 5.91 Å². The van der Waals surface area contributed by atoms with E-state index in [0.29, 0.717) is 49.9 Å². The molecule has 0 saturated carbocycles. The number of piperazine rings is 1. The minimum absolute atomic E-state index is 0.113. The van der Waals surface area contributed by atoms with Crippen molar-refractivity contribution in [3.8, 4) is 0 Å². The molecule has 3 rings (SSSR count). The number of ether oxygens (including phenoxy) is 1. The first kappa shape index (κ1) is 17.6. The highest BCUT2D eigenvalue weighted by Crippen LogP contribution is 2.21. The molecule has 0 spiro atoms. The molecule has 1 amide bonds. The van der Waals surface area contributed by atoms with Crippen LogP contribution in [0.2, 0.25) is 5.02 Å². The van der Waals surface area contributed by atoms with Crippen LogP contribution in [-0.4, -0.2) is 67.7 Å². The van der Waals surface area contributed by atoms with Gasteiger partial charge in [-0.3, -0.25) is 9.69 Å². The number of nitrogens with one attached hydrogen (secondary N) is 1. The second-order valence-corrected chi connectivity index (χ2v) is 6.69. The maximum absolute atomic E-state index is 13.9. The van der Waals surface area contributed by atoms with Gasteiger partial charge in [-0.05, 0) is 12.1 Å². The van der Waals surface area contributed by atoms with E-state index in [-0.39, 0.29) is 17.8 Å². The third kappa shape index (κ3) is 4.45. The van der Waals surface area contributed by atoms with Crippen molar-refractivity contribution in [2.24, 2.45) is 0 Å². The second kappa shape index (κ2) is 8.25. The van der Waals surface area contributed by atoms with Gasteiger partial charge in [-0.2, -0.15) is 0 Å². The fourth-order valence-corrected chi connectivity index (χ4v) is 3.38. The monoisotopic (exact) mass is 355 g/mol. The van der Waals surface area contributed by atoms with Crippen molar-refractivity contribution in [2.75, 3.05) is 45.9 Å². The molecular formula is C17H23ClFN3O2. The largest absolute Gasteiger partial charge is 0.378 e. The second-order valence-electron chi connectivity index (χ2n) is 6.29. The number of carbonyl (C=O) groups is 1. The third-order valence-corrected chi connectivity index (χ3v) is 4.94. The number of nitrogens with zero attached hydrogens (tertiary/aromatic N) is 2. The molecule has 132 valence electrons. The summed E-state index contributed by atoms with van der Waals surface area (Å²) < 4.78 is 19.3. The van der Waals surface area contributed by atoms with Crippen LogP contribution >= 0.6 is 11.6 Å². The van der Waals surface area contributed by atoms with Gasteiger partial charge in [0.25, 0.3) is 0 Å². The Bertz CT molecular complexity index is 553.